The van der Waals surface area contributed by atoms with Crippen LogP contribution in [0.25, 0.3) is 22.6 Å². The molecule has 3 saturated heterocycles. The van der Waals surface area contributed by atoms with Crippen molar-refractivity contribution in [2.45, 2.75) is 57.8 Å². The number of nitrogens with zero attached hydrogens (tertiary/aromatic N) is 7. The molecule has 3 fully saturated rings. The van der Waals surface area contributed by atoms with E-state index in [9.17, 15) is 14.4 Å². The lowest BCUT2D eigenvalue weighted by molar-refractivity contribution is -0.134. The number of aromatic amines is 1. The highest BCUT2D eigenvalue weighted by molar-refractivity contribution is 6.32. The lowest BCUT2D eigenvalue weighted by Crippen LogP contribution is -2.42. The SMILES string of the molecule is Cc1nn(C)cc1-c1nc2ncc(Cl)c(Oc3ccc(C(=O)NCCC4CCN(CC5CCN(c6cncc([C@@H]7CCC(=O)NC7=O)c6)CC5)CC4)cc3)c2[nH]1. The van der Waals surface area contributed by atoms with Crippen molar-refractivity contribution in [2.24, 2.45) is 18.9 Å². The molecule has 0 unspecified atom stereocenters. The number of amides is 3. The number of imidazole rings is 1. The number of rotatable bonds is 11. The van der Waals surface area contributed by atoms with Crippen LogP contribution >= 0.6 is 11.6 Å². The van der Waals surface area contributed by atoms with Crippen molar-refractivity contribution < 1.29 is 19.1 Å². The number of ether oxygens (including phenoxy) is 1. The van der Waals surface area contributed by atoms with Crippen LogP contribution in [0.4, 0.5) is 5.69 Å². The first-order chi connectivity index (χ1) is 27.2. The normalized spacial score (nSPS) is 18.7. The molecule has 0 saturated carbocycles. The maximum atomic E-state index is 13.0. The highest BCUT2D eigenvalue weighted by Crippen LogP contribution is 2.36. The van der Waals surface area contributed by atoms with Crippen LogP contribution in [0.1, 0.15) is 72.5 Å². The molecular weight excluding hydrogens is 732 g/mol. The van der Waals surface area contributed by atoms with E-state index in [4.69, 9.17) is 16.3 Å². The number of likely N-dealkylation sites (tertiary alicyclic amines) is 1. The third-order valence-corrected chi connectivity index (χ3v) is 11.7. The van der Waals surface area contributed by atoms with Crippen LogP contribution in [-0.2, 0) is 16.6 Å². The Bertz CT molecular complexity index is 2220. The molecule has 3 aliphatic heterocycles. The Labute approximate surface area is 330 Å². The second kappa shape index (κ2) is 16.4. The van der Waals surface area contributed by atoms with Gasteiger partial charge in [0.2, 0.25) is 11.8 Å². The van der Waals surface area contributed by atoms with E-state index >= 15 is 0 Å². The van der Waals surface area contributed by atoms with Crippen molar-refractivity contribution >= 4 is 46.2 Å². The summed E-state index contributed by atoms with van der Waals surface area (Å²) >= 11 is 6.51. The van der Waals surface area contributed by atoms with Gasteiger partial charge in [0.1, 0.15) is 22.1 Å². The molecule has 3 aliphatic rings. The molecule has 0 bridgehead atoms. The Hall–Kier alpha value is -5.34. The summed E-state index contributed by atoms with van der Waals surface area (Å²) in [6.07, 6.45) is 13.5. The minimum Gasteiger partial charge on any atom is -0.453 e. The molecule has 56 heavy (non-hydrogen) atoms. The first-order valence-electron chi connectivity index (χ1n) is 19.5. The number of benzene rings is 1. The Morgan fingerprint density at radius 1 is 1.00 bits per heavy atom. The number of H-pyrrole nitrogens is 1. The summed E-state index contributed by atoms with van der Waals surface area (Å²) in [6, 6.07) is 9.11. The van der Waals surface area contributed by atoms with E-state index < -0.39 is 0 Å². The van der Waals surface area contributed by atoms with Crippen molar-refractivity contribution in [1.82, 2.24) is 45.2 Å². The Balaban J connectivity index is 0.756. The number of hydrogen-bond acceptors (Lipinski definition) is 10. The van der Waals surface area contributed by atoms with Gasteiger partial charge in [-0.2, -0.15) is 5.10 Å². The third kappa shape index (κ3) is 8.41. The lowest BCUT2D eigenvalue weighted by Gasteiger charge is -2.38. The zero-order chi connectivity index (χ0) is 38.8. The fourth-order valence-corrected chi connectivity index (χ4v) is 8.45. The van der Waals surface area contributed by atoms with Gasteiger partial charge in [-0.05, 0) is 106 Å². The number of carbonyl (C=O) groups excluding carboxylic acids is 3. The monoisotopic (exact) mass is 778 g/mol. The molecule has 15 heteroatoms. The van der Waals surface area contributed by atoms with E-state index in [1.165, 1.54) is 6.20 Å². The largest absolute Gasteiger partial charge is 0.453 e. The number of carbonyl (C=O) groups is 3. The number of imide groups is 1. The summed E-state index contributed by atoms with van der Waals surface area (Å²) in [4.78, 5) is 58.7. The van der Waals surface area contributed by atoms with E-state index in [0.717, 1.165) is 87.3 Å². The first kappa shape index (κ1) is 37.6. The van der Waals surface area contributed by atoms with Crippen LogP contribution in [0, 0.1) is 18.8 Å². The number of aryl methyl sites for hydroxylation is 2. The molecule has 5 aromatic rings. The summed E-state index contributed by atoms with van der Waals surface area (Å²) in [6.45, 7) is 7.81. The van der Waals surface area contributed by atoms with Crippen LogP contribution in [-0.4, -0.2) is 91.6 Å². The van der Waals surface area contributed by atoms with Crippen LogP contribution in [0.3, 0.4) is 0 Å². The number of halogens is 1. The smallest absolute Gasteiger partial charge is 0.251 e. The molecule has 7 heterocycles. The molecule has 0 aliphatic carbocycles. The van der Waals surface area contributed by atoms with E-state index in [2.05, 4.69) is 51.5 Å². The molecule has 0 spiro atoms. The average Bonchev–Trinajstić information content (AvgIpc) is 3.79. The van der Waals surface area contributed by atoms with Gasteiger partial charge in [-0.25, -0.2) is 9.97 Å². The molecule has 14 nitrogen and oxygen atoms in total. The highest BCUT2D eigenvalue weighted by atomic mass is 35.5. The summed E-state index contributed by atoms with van der Waals surface area (Å²) in [5.74, 6) is 1.99. The van der Waals surface area contributed by atoms with Gasteiger partial charge in [0, 0.05) is 57.6 Å². The number of nitrogens with one attached hydrogen (secondary N) is 3. The van der Waals surface area contributed by atoms with Gasteiger partial charge in [0.25, 0.3) is 5.91 Å². The van der Waals surface area contributed by atoms with Crippen LogP contribution in [0.15, 0.2) is 55.1 Å². The zero-order valence-corrected chi connectivity index (χ0v) is 32.5. The van der Waals surface area contributed by atoms with Crippen molar-refractivity contribution in [2.75, 3.05) is 44.2 Å². The first-order valence-corrected chi connectivity index (χ1v) is 19.9. The highest BCUT2D eigenvalue weighted by Gasteiger charge is 2.30. The summed E-state index contributed by atoms with van der Waals surface area (Å²) in [7, 11) is 1.86. The average molecular weight is 779 g/mol. The zero-order valence-electron chi connectivity index (χ0n) is 31.8. The topological polar surface area (TPSA) is 163 Å². The number of fused-ring (bicyclic) bond motifs is 1. The number of hydrogen-bond donors (Lipinski definition) is 3. The predicted molar refractivity (Wildman–Crippen MR) is 213 cm³/mol. The maximum Gasteiger partial charge on any atom is 0.251 e. The molecular formula is C41H47ClN10O4. The van der Waals surface area contributed by atoms with Gasteiger partial charge in [0.15, 0.2) is 11.4 Å². The summed E-state index contributed by atoms with van der Waals surface area (Å²) in [5.41, 5.74) is 5.27. The lowest BCUT2D eigenvalue weighted by atomic mass is 9.90. The molecule has 292 valence electrons. The van der Waals surface area contributed by atoms with E-state index in [1.54, 1.807) is 35.1 Å². The van der Waals surface area contributed by atoms with Crippen LogP contribution < -0.4 is 20.3 Å². The van der Waals surface area contributed by atoms with Crippen molar-refractivity contribution in [1.29, 1.82) is 0 Å². The number of aromatic nitrogens is 6. The minimum absolute atomic E-state index is 0.104. The third-order valence-electron chi connectivity index (χ3n) is 11.5. The van der Waals surface area contributed by atoms with E-state index in [-0.39, 0.29) is 23.6 Å². The van der Waals surface area contributed by atoms with Gasteiger partial charge >= 0.3 is 0 Å². The molecule has 1 aromatic carbocycles. The number of piperidine rings is 3. The fourth-order valence-electron chi connectivity index (χ4n) is 8.27. The van der Waals surface area contributed by atoms with Crippen LogP contribution in [0.2, 0.25) is 5.02 Å². The van der Waals surface area contributed by atoms with E-state index in [1.807, 2.05) is 26.4 Å². The van der Waals surface area contributed by atoms with Gasteiger partial charge < -0.3 is 24.8 Å². The molecule has 4 aromatic heterocycles. The number of anilines is 1. The fraction of sp³-hybridized carbons (Fsp3) is 0.439. The molecule has 3 amide bonds. The minimum atomic E-state index is -0.316. The summed E-state index contributed by atoms with van der Waals surface area (Å²) in [5, 5.41) is 10.3. The molecule has 3 N–H and O–H groups in total. The molecule has 1 atom stereocenters. The standard InChI is InChI=1S/C41H47ClN10O4/c1-25-33(24-50(2)49-25)38-47-36-37(34(42)22-45-39(36)48-38)56-31-5-3-28(4-6-31)40(54)44-14-9-26-10-15-51(16-11-26)23-27-12-17-52(18-13-27)30-19-29(20-43-21-30)32-7-8-35(53)46-41(32)55/h3-6,19-22,24,26-27,32H,7-18,23H2,1-2H3,(H,44,54)(H,45,47,48)(H,46,53,55)/t32-/m0/s1. The Morgan fingerprint density at radius 2 is 1.77 bits per heavy atom. The summed E-state index contributed by atoms with van der Waals surface area (Å²) < 4.78 is 7.92. The maximum absolute atomic E-state index is 13.0. The predicted octanol–water partition coefficient (Wildman–Crippen LogP) is 5.78. The molecule has 0 radical (unpaired) electrons. The van der Waals surface area contributed by atoms with Gasteiger partial charge in [-0.1, -0.05) is 11.6 Å². The van der Waals surface area contributed by atoms with Crippen molar-refractivity contribution in [3.63, 3.8) is 0 Å². The van der Waals surface area contributed by atoms with Crippen LogP contribution in [0.5, 0.6) is 11.5 Å². The van der Waals surface area contributed by atoms with Gasteiger partial charge in [-0.3, -0.25) is 29.4 Å². The van der Waals surface area contributed by atoms with Gasteiger partial charge in [-0.15, -0.1) is 0 Å². The number of pyridine rings is 2. The van der Waals surface area contributed by atoms with Gasteiger partial charge in [0.05, 0.1) is 35.3 Å². The Kier molecular flexibility index (Phi) is 11.0. The quantitative estimate of drug-likeness (QED) is 0.140. The van der Waals surface area contributed by atoms with E-state index in [0.29, 0.717) is 70.3 Å². The Morgan fingerprint density at radius 3 is 2.50 bits per heavy atom. The second-order valence-corrected chi connectivity index (χ2v) is 15.8. The molecule has 8 rings (SSSR count). The van der Waals surface area contributed by atoms with Crippen molar-refractivity contribution in [3.8, 4) is 22.9 Å². The van der Waals surface area contributed by atoms with Crippen molar-refractivity contribution in [3.05, 3.63) is 77.0 Å². The second-order valence-electron chi connectivity index (χ2n) is 15.3.